The summed E-state index contributed by atoms with van der Waals surface area (Å²) in [5.74, 6) is 0.324. The highest BCUT2D eigenvalue weighted by Gasteiger charge is 2.17. The zero-order valence-electron chi connectivity index (χ0n) is 11.9. The van der Waals surface area contributed by atoms with E-state index in [4.69, 9.17) is 28.9 Å². The van der Waals surface area contributed by atoms with Crippen LogP contribution in [0.1, 0.15) is 6.42 Å². The first-order valence-corrected chi connectivity index (χ1v) is 7.44. The first kappa shape index (κ1) is 17.2. The standard InChI is InChI=1S/C13H14Cl2N6O2/c14-9-3-2-8(6-10(9)15)19-13-18-7-11(21(22)23)12(20-13)17-5-1-4-16/h2-3,6-7H,1,4-5,16H2,(H2,17,18,19,20). The number of halogens is 2. The number of benzene rings is 1. The van der Waals surface area contributed by atoms with E-state index < -0.39 is 4.92 Å². The van der Waals surface area contributed by atoms with Crippen molar-refractivity contribution in [2.45, 2.75) is 6.42 Å². The van der Waals surface area contributed by atoms with Gasteiger partial charge >= 0.3 is 5.69 Å². The van der Waals surface area contributed by atoms with Crippen LogP contribution in [0.25, 0.3) is 0 Å². The second-order valence-corrected chi connectivity index (χ2v) is 5.32. The maximum Gasteiger partial charge on any atom is 0.329 e. The van der Waals surface area contributed by atoms with Crippen molar-refractivity contribution in [1.29, 1.82) is 0 Å². The van der Waals surface area contributed by atoms with Crippen LogP contribution in [-0.2, 0) is 0 Å². The zero-order valence-corrected chi connectivity index (χ0v) is 13.4. The molecule has 0 fully saturated rings. The second kappa shape index (κ2) is 7.91. The summed E-state index contributed by atoms with van der Waals surface area (Å²) in [6.45, 7) is 0.945. The third kappa shape index (κ3) is 4.65. The number of nitrogens with one attached hydrogen (secondary N) is 2. The highest BCUT2D eigenvalue weighted by Crippen LogP contribution is 2.27. The van der Waals surface area contributed by atoms with E-state index in [-0.39, 0.29) is 17.5 Å². The van der Waals surface area contributed by atoms with Crippen LogP contribution in [0.15, 0.2) is 24.4 Å². The Bertz CT molecular complexity index is 713. The maximum atomic E-state index is 11.0. The molecule has 122 valence electrons. The summed E-state index contributed by atoms with van der Waals surface area (Å²) in [4.78, 5) is 18.5. The van der Waals surface area contributed by atoms with Crippen LogP contribution >= 0.6 is 23.2 Å². The van der Waals surface area contributed by atoms with Gasteiger partial charge in [0.25, 0.3) is 0 Å². The van der Waals surface area contributed by atoms with Gasteiger partial charge in [-0.1, -0.05) is 23.2 Å². The molecule has 0 unspecified atom stereocenters. The minimum Gasteiger partial charge on any atom is -0.364 e. The van der Waals surface area contributed by atoms with Gasteiger partial charge in [0.05, 0.1) is 15.0 Å². The van der Waals surface area contributed by atoms with E-state index in [1.54, 1.807) is 18.2 Å². The molecule has 0 aliphatic heterocycles. The summed E-state index contributed by atoms with van der Waals surface area (Å²) >= 11 is 11.8. The monoisotopic (exact) mass is 356 g/mol. The molecule has 0 spiro atoms. The van der Waals surface area contributed by atoms with Crippen molar-refractivity contribution in [2.24, 2.45) is 5.73 Å². The Morgan fingerprint density at radius 3 is 2.74 bits per heavy atom. The van der Waals surface area contributed by atoms with Crippen LogP contribution in [0, 0.1) is 10.1 Å². The molecule has 1 aromatic heterocycles. The van der Waals surface area contributed by atoms with Crippen LogP contribution in [0.3, 0.4) is 0 Å². The van der Waals surface area contributed by atoms with E-state index in [2.05, 4.69) is 20.6 Å². The van der Waals surface area contributed by atoms with Gasteiger partial charge in [-0.25, -0.2) is 4.98 Å². The highest BCUT2D eigenvalue weighted by atomic mass is 35.5. The molecule has 8 nitrogen and oxygen atoms in total. The Balaban J connectivity index is 2.23. The number of nitrogens with zero attached hydrogens (tertiary/aromatic N) is 3. The number of nitrogens with two attached hydrogens (primary N) is 1. The van der Waals surface area contributed by atoms with Crippen molar-refractivity contribution >= 4 is 46.3 Å². The molecule has 23 heavy (non-hydrogen) atoms. The van der Waals surface area contributed by atoms with Crippen molar-refractivity contribution in [3.05, 3.63) is 44.6 Å². The van der Waals surface area contributed by atoms with Crippen LogP contribution < -0.4 is 16.4 Å². The lowest BCUT2D eigenvalue weighted by Gasteiger charge is -2.09. The van der Waals surface area contributed by atoms with E-state index in [9.17, 15) is 10.1 Å². The Hall–Kier alpha value is -2.16. The van der Waals surface area contributed by atoms with E-state index >= 15 is 0 Å². The predicted molar refractivity (Wildman–Crippen MR) is 90.6 cm³/mol. The van der Waals surface area contributed by atoms with Gasteiger partial charge in [0.2, 0.25) is 11.8 Å². The van der Waals surface area contributed by atoms with Gasteiger partial charge in [-0.3, -0.25) is 10.1 Å². The third-order valence-electron chi connectivity index (χ3n) is 2.82. The summed E-state index contributed by atoms with van der Waals surface area (Å²) in [6.07, 6.45) is 1.80. The molecule has 0 radical (unpaired) electrons. The molecule has 1 heterocycles. The Kier molecular flexibility index (Phi) is 5.91. The van der Waals surface area contributed by atoms with Crippen molar-refractivity contribution in [1.82, 2.24) is 9.97 Å². The molecule has 0 saturated heterocycles. The van der Waals surface area contributed by atoms with Gasteiger partial charge in [0.1, 0.15) is 6.20 Å². The average molecular weight is 357 g/mol. The molecular formula is C13H14Cl2N6O2. The van der Waals surface area contributed by atoms with Crippen molar-refractivity contribution in [3.8, 4) is 0 Å². The molecule has 2 rings (SSSR count). The SMILES string of the molecule is NCCCNc1nc(Nc2ccc(Cl)c(Cl)c2)ncc1[N+](=O)[O-]. The molecule has 1 aromatic carbocycles. The maximum absolute atomic E-state index is 11.0. The Morgan fingerprint density at radius 1 is 1.30 bits per heavy atom. The van der Waals surface area contributed by atoms with Gasteiger partial charge in [-0.2, -0.15) is 4.98 Å². The second-order valence-electron chi connectivity index (χ2n) is 4.51. The van der Waals surface area contributed by atoms with Crippen molar-refractivity contribution in [3.63, 3.8) is 0 Å². The highest BCUT2D eigenvalue weighted by molar-refractivity contribution is 6.42. The normalized spacial score (nSPS) is 10.4. The number of hydrogen-bond donors (Lipinski definition) is 3. The summed E-state index contributed by atoms with van der Waals surface area (Å²) in [5.41, 5.74) is 5.81. The topological polar surface area (TPSA) is 119 Å². The number of nitro groups is 1. The predicted octanol–water partition coefficient (Wildman–Crippen LogP) is 3.20. The van der Waals surface area contributed by atoms with Gasteiger partial charge in [0.15, 0.2) is 0 Å². The fourth-order valence-corrected chi connectivity index (χ4v) is 2.01. The fourth-order valence-electron chi connectivity index (χ4n) is 1.71. The molecule has 0 amide bonds. The van der Waals surface area contributed by atoms with Crippen LogP contribution in [0.2, 0.25) is 10.0 Å². The first-order valence-electron chi connectivity index (χ1n) is 6.68. The average Bonchev–Trinajstić information content (AvgIpc) is 2.51. The van der Waals surface area contributed by atoms with Crippen molar-refractivity contribution in [2.75, 3.05) is 23.7 Å². The van der Waals surface area contributed by atoms with Crippen molar-refractivity contribution < 1.29 is 4.92 Å². The minimum absolute atomic E-state index is 0.126. The quantitative estimate of drug-likeness (QED) is 0.395. The summed E-state index contributed by atoms with van der Waals surface area (Å²) in [7, 11) is 0. The Labute approximate surface area is 142 Å². The van der Waals surface area contributed by atoms with E-state index in [0.717, 1.165) is 6.20 Å². The summed E-state index contributed by atoms with van der Waals surface area (Å²) in [5, 5.41) is 17.6. The molecule has 4 N–H and O–H groups in total. The number of anilines is 3. The molecule has 0 bridgehead atoms. The fraction of sp³-hybridized carbons (Fsp3) is 0.231. The molecule has 2 aromatic rings. The van der Waals surface area contributed by atoms with Gasteiger partial charge in [-0.05, 0) is 31.2 Å². The van der Waals surface area contributed by atoms with Gasteiger partial charge < -0.3 is 16.4 Å². The third-order valence-corrected chi connectivity index (χ3v) is 3.55. The molecule has 10 heteroatoms. The lowest BCUT2D eigenvalue weighted by molar-refractivity contribution is -0.384. The molecule has 0 aliphatic rings. The summed E-state index contributed by atoms with van der Waals surface area (Å²) in [6, 6.07) is 4.93. The smallest absolute Gasteiger partial charge is 0.329 e. The summed E-state index contributed by atoms with van der Waals surface area (Å²) < 4.78 is 0. The van der Waals surface area contributed by atoms with E-state index in [1.807, 2.05) is 0 Å². The van der Waals surface area contributed by atoms with Crippen LogP contribution in [0.5, 0.6) is 0 Å². The lowest BCUT2D eigenvalue weighted by atomic mass is 10.3. The molecule has 0 saturated carbocycles. The Morgan fingerprint density at radius 2 is 2.09 bits per heavy atom. The van der Waals surface area contributed by atoms with Crippen LogP contribution in [-0.4, -0.2) is 28.0 Å². The van der Waals surface area contributed by atoms with E-state index in [0.29, 0.717) is 35.2 Å². The van der Waals surface area contributed by atoms with Gasteiger partial charge in [-0.15, -0.1) is 0 Å². The first-order chi connectivity index (χ1) is 11.0. The van der Waals surface area contributed by atoms with Crippen LogP contribution in [0.4, 0.5) is 23.1 Å². The van der Waals surface area contributed by atoms with Gasteiger partial charge in [0, 0.05) is 12.2 Å². The molecular weight excluding hydrogens is 343 g/mol. The number of rotatable bonds is 7. The number of aromatic nitrogens is 2. The minimum atomic E-state index is -0.548. The zero-order chi connectivity index (χ0) is 16.8. The lowest BCUT2D eigenvalue weighted by Crippen LogP contribution is -2.12. The largest absolute Gasteiger partial charge is 0.364 e. The number of hydrogen-bond acceptors (Lipinski definition) is 7. The van der Waals surface area contributed by atoms with E-state index in [1.165, 1.54) is 0 Å². The molecule has 0 aliphatic carbocycles. The molecule has 0 atom stereocenters.